The molecule has 0 saturated heterocycles. The summed E-state index contributed by atoms with van der Waals surface area (Å²) in [6.45, 7) is 5.24. The Bertz CT molecular complexity index is 691. The van der Waals surface area contributed by atoms with E-state index in [1.807, 2.05) is 66.4 Å². The van der Waals surface area contributed by atoms with Crippen molar-refractivity contribution >= 4 is 36.3 Å². The maximum Gasteiger partial charge on any atom is 0.129 e. The Hall–Kier alpha value is -2.64. The molecule has 0 amide bonds. The molecule has 0 bridgehead atoms. The van der Waals surface area contributed by atoms with Gasteiger partial charge in [-0.2, -0.15) is 5.10 Å². The summed E-state index contributed by atoms with van der Waals surface area (Å²) in [4.78, 5) is 12.5. The van der Waals surface area contributed by atoms with Crippen molar-refractivity contribution in [3.8, 4) is 11.5 Å². The number of aliphatic hydroxyl groups is 1. The number of amidine groups is 1. The van der Waals surface area contributed by atoms with E-state index in [4.69, 9.17) is 9.84 Å². The molecule has 2 aromatic rings. The second-order valence-corrected chi connectivity index (χ2v) is 5.79. The van der Waals surface area contributed by atoms with Crippen molar-refractivity contribution in [3.05, 3.63) is 54.6 Å². The molecule has 2 rings (SSSR count). The van der Waals surface area contributed by atoms with Crippen LogP contribution >= 0.6 is 11.8 Å². The van der Waals surface area contributed by atoms with Gasteiger partial charge < -0.3 is 19.5 Å². The lowest BCUT2D eigenvalue weighted by atomic mass is 10.2. The topological polar surface area (TPSA) is 74.5 Å². The Morgan fingerprint density at radius 2 is 1.77 bits per heavy atom. The molecule has 0 aromatic heterocycles. The van der Waals surface area contributed by atoms with Crippen molar-refractivity contribution in [2.45, 2.75) is 6.92 Å². The molecule has 0 aliphatic carbocycles. The van der Waals surface area contributed by atoms with Gasteiger partial charge in [-0.3, -0.25) is 0 Å². The molecule has 1 N–H and O–H groups in total. The summed E-state index contributed by atoms with van der Waals surface area (Å²) in [7, 11) is 1.00. The first-order valence-electron chi connectivity index (χ1n) is 7.81. The summed E-state index contributed by atoms with van der Waals surface area (Å²) in [6.07, 6.45) is 0.887. The largest absolute Gasteiger partial charge is 0.457 e. The van der Waals surface area contributed by atoms with Gasteiger partial charge in [0.2, 0.25) is 0 Å². The number of carbonyl (C=O) groups excluding carboxylic acids is 1. The van der Waals surface area contributed by atoms with E-state index in [0.29, 0.717) is 17.5 Å². The van der Waals surface area contributed by atoms with Crippen LogP contribution in [0.1, 0.15) is 6.92 Å². The number of ether oxygens (including phenoxy) is 1. The van der Waals surface area contributed by atoms with Crippen LogP contribution < -0.4 is 9.64 Å². The highest BCUT2D eigenvalue weighted by molar-refractivity contribution is 7.99. The first-order chi connectivity index (χ1) is 12.7. The Kier molecular flexibility index (Phi) is 10.4. The zero-order chi connectivity index (χ0) is 19.2. The average molecular weight is 373 g/mol. The third-order valence-corrected chi connectivity index (χ3v) is 3.95. The second kappa shape index (κ2) is 12.7. The highest BCUT2D eigenvalue weighted by atomic mass is 32.2. The molecule has 0 radical (unpaired) electrons. The number of thioether (sulfide) groups is 1. The molecule has 0 unspecified atom stereocenters. The summed E-state index contributed by atoms with van der Waals surface area (Å²) in [6, 6.07) is 17.3. The summed E-state index contributed by atoms with van der Waals surface area (Å²) in [5, 5.41) is 14.6. The van der Waals surface area contributed by atoms with E-state index in [2.05, 4.69) is 16.9 Å². The third kappa shape index (κ3) is 7.08. The van der Waals surface area contributed by atoms with Gasteiger partial charge in [0.05, 0.1) is 11.6 Å². The Morgan fingerprint density at radius 3 is 2.35 bits per heavy atom. The van der Waals surface area contributed by atoms with Gasteiger partial charge in [0.1, 0.15) is 23.6 Å². The van der Waals surface area contributed by atoms with Gasteiger partial charge in [0.15, 0.2) is 0 Å². The highest BCUT2D eigenvalue weighted by Crippen LogP contribution is 2.25. The van der Waals surface area contributed by atoms with Crippen LogP contribution in [0.4, 0.5) is 5.69 Å². The molecule has 0 aliphatic heterocycles. The van der Waals surface area contributed by atoms with Crippen LogP contribution in [0.2, 0.25) is 0 Å². The van der Waals surface area contributed by atoms with Crippen LogP contribution in [0.25, 0.3) is 0 Å². The third-order valence-electron chi connectivity index (χ3n) is 3.14. The fraction of sp³-hybridized carbons (Fsp3) is 0.211. The van der Waals surface area contributed by atoms with E-state index in [9.17, 15) is 4.79 Å². The Morgan fingerprint density at radius 1 is 1.15 bits per heavy atom. The van der Waals surface area contributed by atoms with Crippen LogP contribution in [-0.4, -0.2) is 42.7 Å². The van der Waals surface area contributed by atoms with Crippen LogP contribution in [-0.2, 0) is 4.79 Å². The Balaban J connectivity index is 0.00000163. The van der Waals surface area contributed by atoms with Crippen molar-refractivity contribution < 1.29 is 14.6 Å². The van der Waals surface area contributed by atoms with Crippen molar-refractivity contribution in [1.29, 1.82) is 0 Å². The fourth-order valence-electron chi connectivity index (χ4n) is 2.02. The number of nitrogens with zero attached hydrogens (tertiary/aromatic N) is 3. The molecule has 0 fully saturated rings. The molecule has 6 nitrogen and oxygen atoms in total. The monoisotopic (exact) mass is 373 g/mol. The van der Waals surface area contributed by atoms with E-state index < -0.39 is 0 Å². The number of aliphatic hydroxyl groups excluding tert-OH is 1. The predicted octanol–water partition coefficient (Wildman–Crippen LogP) is 3.82. The first kappa shape index (κ1) is 21.4. The molecule has 0 heterocycles. The fourth-order valence-corrected chi connectivity index (χ4v) is 2.74. The lowest BCUT2D eigenvalue weighted by Crippen LogP contribution is -2.28. The van der Waals surface area contributed by atoms with E-state index >= 15 is 0 Å². The Labute approximate surface area is 158 Å². The molecule has 138 valence electrons. The van der Waals surface area contributed by atoms with Crippen molar-refractivity contribution in [2.75, 3.05) is 23.6 Å². The number of carbonyl (C=O) groups is 1. The van der Waals surface area contributed by atoms with Gasteiger partial charge in [0, 0.05) is 19.5 Å². The maximum atomic E-state index is 10.5. The summed E-state index contributed by atoms with van der Waals surface area (Å²) >= 11 is 1.50. The SMILES string of the molecule is C=N/N=C(/C)N(CSCC=O)c1ccc(Oc2ccccc2)cc1.CO. The van der Waals surface area contributed by atoms with Crippen molar-refractivity contribution in [1.82, 2.24) is 0 Å². The average Bonchev–Trinajstić information content (AvgIpc) is 2.69. The van der Waals surface area contributed by atoms with Gasteiger partial charge >= 0.3 is 0 Å². The molecule has 0 atom stereocenters. The lowest BCUT2D eigenvalue weighted by molar-refractivity contribution is -0.105. The number of rotatable bonds is 8. The van der Waals surface area contributed by atoms with Crippen LogP contribution in [0, 0.1) is 0 Å². The van der Waals surface area contributed by atoms with Crippen LogP contribution in [0.3, 0.4) is 0 Å². The minimum atomic E-state index is 0.431. The number of benzene rings is 2. The zero-order valence-electron chi connectivity index (χ0n) is 14.9. The number of para-hydroxylation sites is 1. The van der Waals surface area contributed by atoms with E-state index in [0.717, 1.165) is 30.6 Å². The molecule has 2 aromatic carbocycles. The number of aldehydes is 1. The molecular weight excluding hydrogens is 350 g/mol. The molecule has 26 heavy (non-hydrogen) atoms. The van der Waals surface area contributed by atoms with E-state index in [-0.39, 0.29) is 0 Å². The van der Waals surface area contributed by atoms with Crippen LogP contribution in [0.15, 0.2) is 64.8 Å². The predicted molar refractivity (Wildman–Crippen MR) is 110 cm³/mol. The quantitative estimate of drug-likeness (QED) is 0.190. The highest BCUT2D eigenvalue weighted by Gasteiger charge is 2.10. The smallest absolute Gasteiger partial charge is 0.129 e. The second-order valence-electron chi connectivity index (χ2n) is 4.79. The molecule has 7 heteroatoms. The zero-order valence-corrected chi connectivity index (χ0v) is 15.7. The summed E-state index contributed by atoms with van der Waals surface area (Å²) in [5.41, 5.74) is 0.943. The molecule has 0 spiro atoms. The normalized spacial score (nSPS) is 10.3. The van der Waals surface area contributed by atoms with Gasteiger partial charge in [-0.15, -0.1) is 16.9 Å². The van der Waals surface area contributed by atoms with E-state index in [1.54, 1.807) is 0 Å². The molecular formula is C19H23N3O3S. The van der Waals surface area contributed by atoms with Crippen molar-refractivity contribution in [3.63, 3.8) is 0 Å². The minimum Gasteiger partial charge on any atom is -0.457 e. The standard InChI is InChI=1S/C18H19N3O2S.CH4O/c1-15(20-19-2)21(14-24-13-12-22)16-8-10-18(11-9-16)23-17-6-4-3-5-7-17;1-2/h3-12H,2,13-14H2,1H3;2H,1H3/b20-15-;. The number of hydrogen-bond donors (Lipinski definition) is 1. The number of anilines is 1. The summed E-state index contributed by atoms with van der Waals surface area (Å²) < 4.78 is 5.79. The van der Waals surface area contributed by atoms with Gasteiger partial charge in [-0.1, -0.05) is 18.2 Å². The van der Waals surface area contributed by atoms with Gasteiger partial charge in [-0.25, -0.2) is 0 Å². The van der Waals surface area contributed by atoms with Crippen LogP contribution in [0.5, 0.6) is 11.5 Å². The minimum absolute atomic E-state index is 0.431. The first-order valence-corrected chi connectivity index (χ1v) is 8.97. The van der Waals surface area contributed by atoms with Gasteiger partial charge in [-0.05, 0) is 43.3 Å². The molecule has 0 aliphatic rings. The van der Waals surface area contributed by atoms with Crippen molar-refractivity contribution in [2.24, 2.45) is 10.2 Å². The number of hydrogen-bond acceptors (Lipinski definition) is 6. The van der Waals surface area contributed by atoms with E-state index in [1.165, 1.54) is 11.8 Å². The lowest BCUT2D eigenvalue weighted by Gasteiger charge is -2.23. The van der Waals surface area contributed by atoms with Gasteiger partial charge in [0.25, 0.3) is 0 Å². The maximum absolute atomic E-state index is 10.5. The molecule has 0 saturated carbocycles. The summed E-state index contributed by atoms with van der Waals surface area (Å²) in [5.74, 6) is 3.28.